The number of nitriles is 1. The summed E-state index contributed by atoms with van der Waals surface area (Å²) in [6, 6.07) is 6.35. The number of benzene rings is 1. The van der Waals surface area contributed by atoms with Crippen LogP contribution in [0.25, 0.3) is 0 Å². The Labute approximate surface area is 112 Å². The predicted octanol–water partition coefficient (Wildman–Crippen LogP) is 1.25. The Morgan fingerprint density at radius 3 is 3.11 bits per heavy atom. The standard InChI is InChI=1S/C14H18FN3O/c1-10(17)14-9-18(4-5-19-14)8-11-2-3-13(15)6-12(11)7-16/h2-3,6,10,14H,4-5,8-9,17H2,1H3. The Morgan fingerprint density at radius 2 is 2.42 bits per heavy atom. The molecular weight excluding hydrogens is 245 g/mol. The summed E-state index contributed by atoms with van der Waals surface area (Å²) in [4.78, 5) is 2.19. The van der Waals surface area contributed by atoms with E-state index >= 15 is 0 Å². The van der Waals surface area contributed by atoms with Crippen molar-refractivity contribution in [1.82, 2.24) is 4.90 Å². The van der Waals surface area contributed by atoms with Crippen LogP contribution in [0.3, 0.4) is 0 Å². The van der Waals surface area contributed by atoms with E-state index in [9.17, 15) is 4.39 Å². The van der Waals surface area contributed by atoms with Gasteiger partial charge in [-0.2, -0.15) is 5.26 Å². The number of rotatable bonds is 3. The second-order valence-corrected chi connectivity index (χ2v) is 4.92. The van der Waals surface area contributed by atoms with Crippen LogP contribution in [-0.2, 0) is 11.3 Å². The molecule has 0 radical (unpaired) electrons. The average Bonchev–Trinajstić information content (AvgIpc) is 2.41. The highest BCUT2D eigenvalue weighted by Crippen LogP contribution is 2.16. The van der Waals surface area contributed by atoms with Gasteiger partial charge in [0.15, 0.2) is 0 Å². The maximum atomic E-state index is 13.1. The Balaban J connectivity index is 2.07. The maximum absolute atomic E-state index is 13.1. The molecular formula is C14H18FN3O. The first kappa shape index (κ1) is 13.9. The van der Waals surface area contributed by atoms with Crippen molar-refractivity contribution in [2.45, 2.75) is 25.6 Å². The third-order valence-electron chi connectivity index (χ3n) is 3.35. The molecule has 1 heterocycles. The van der Waals surface area contributed by atoms with E-state index in [-0.39, 0.29) is 18.0 Å². The van der Waals surface area contributed by atoms with E-state index in [2.05, 4.69) is 4.90 Å². The number of hydrogen-bond acceptors (Lipinski definition) is 4. The molecule has 1 aliphatic heterocycles. The lowest BCUT2D eigenvalue weighted by atomic mass is 10.1. The van der Waals surface area contributed by atoms with E-state index in [0.717, 1.165) is 18.7 Å². The van der Waals surface area contributed by atoms with Crippen LogP contribution in [0.1, 0.15) is 18.1 Å². The van der Waals surface area contributed by atoms with Gasteiger partial charge in [0.05, 0.1) is 24.3 Å². The van der Waals surface area contributed by atoms with E-state index in [1.165, 1.54) is 12.1 Å². The SMILES string of the molecule is CC(N)C1CN(Cc2ccc(F)cc2C#N)CCO1. The van der Waals surface area contributed by atoms with Crippen molar-refractivity contribution < 1.29 is 9.13 Å². The Bertz CT molecular complexity index is 484. The summed E-state index contributed by atoms with van der Waals surface area (Å²) < 4.78 is 18.7. The second kappa shape index (κ2) is 6.11. The lowest BCUT2D eigenvalue weighted by Crippen LogP contribution is -2.49. The van der Waals surface area contributed by atoms with E-state index < -0.39 is 0 Å². The minimum atomic E-state index is -0.379. The maximum Gasteiger partial charge on any atom is 0.124 e. The molecule has 1 saturated heterocycles. The van der Waals surface area contributed by atoms with E-state index in [0.29, 0.717) is 18.7 Å². The molecule has 19 heavy (non-hydrogen) atoms. The molecule has 0 amide bonds. The van der Waals surface area contributed by atoms with Crippen LogP contribution in [0.4, 0.5) is 4.39 Å². The van der Waals surface area contributed by atoms with Gasteiger partial charge < -0.3 is 10.5 Å². The van der Waals surface area contributed by atoms with Crippen molar-refractivity contribution in [2.24, 2.45) is 5.73 Å². The molecule has 1 fully saturated rings. The van der Waals surface area contributed by atoms with Crippen LogP contribution >= 0.6 is 0 Å². The topological polar surface area (TPSA) is 62.3 Å². The monoisotopic (exact) mass is 263 g/mol. The fourth-order valence-corrected chi connectivity index (χ4v) is 2.22. The van der Waals surface area contributed by atoms with Gasteiger partial charge >= 0.3 is 0 Å². The predicted molar refractivity (Wildman–Crippen MR) is 69.8 cm³/mol. The quantitative estimate of drug-likeness (QED) is 0.891. The smallest absolute Gasteiger partial charge is 0.124 e. The van der Waals surface area contributed by atoms with Crippen LogP contribution < -0.4 is 5.73 Å². The summed E-state index contributed by atoms with van der Waals surface area (Å²) in [7, 11) is 0. The highest BCUT2D eigenvalue weighted by molar-refractivity contribution is 5.37. The summed E-state index contributed by atoms with van der Waals surface area (Å²) in [5.74, 6) is -0.379. The van der Waals surface area contributed by atoms with Gasteiger partial charge in [0, 0.05) is 25.7 Å². The Morgan fingerprint density at radius 1 is 1.63 bits per heavy atom. The number of hydrogen-bond donors (Lipinski definition) is 1. The van der Waals surface area contributed by atoms with Crippen molar-refractivity contribution >= 4 is 0 Å². The molecule has 0 aliphatic carbocycles. The van der Waals surface area contributed by atoms with E-state index in [1.54, 1.807) is 6.07 Å². The van der Waals surface area contributed by atoms with Crippen LogP contribution in [-0.4, -0.2) is 36.7 Å². The van der Waals surface area contributed by atoms with E-state index in [4.69, 9.17) is 15.7 Å². The number of ether oxygens (including phenoxy) is 1. The lowest BCUT2D eigenvalue weighted by Gasteiger charge is -2.34. The summed E-state index contributed by atoms with van der Waals surface area (Å²) in [5.41, 5.74) is 7.08. The Kier molecular flexibility index (Phi) is 4.48. The molecule has 0 bridgehead atoms. The third-order valence-corrected chi connectivity index (χ3v) is 3.35. The molecule has 5 heteroatoms. The number of halogens is 1. The molecule has 2 atom stereocenters. The third kappa shape index (κ3) is 3.51. The van der Waals surface area contributed by atoms with Crippen molar-refractivity contribution in [2.75, 3.05) is 19.7 Å². The van der Waals surface area contributed by atoms with Gasteiger partial charge in [0.25, 0.3) is 0 Å². The normalized spacial score (nSPS) is 21.9. The van der Waals surface area contributed by atoms with Crippen LogP contribution in [0.5, 0.6) is 0 Å². The van der Waals surface area contributed by atoms with Gasteiger partial charge in [0.2, 0.25) is 0 Å². The highest BCUT2D eigenvalue weighted by Gasteiger charge is 2.23. The van der Waals surface area contributed by atoms with Gasteiger partial charge in [-0.05, 0) is 24.6 Å². The number of nitrogens with zero attached hydrogens (tertiary/aromatic N) is 2. The summed E-state index contributed by atoms with van der Waals surface area (Å²) in [5, 5.41) is 9.03. The zero-order chi connectivity index (χ0) is 13.8. The molecule has 1 aromatic rings. The lowest BCUT2D eigenvalue weighted by molar-refractivity contribution is -0.0403. The molecule has 0 spiro atoms. The fraction of sp³-hybridized carbons (Fsp3) is 0.500. The van der Waals surface area contributed by atoms with Crippen LogP contribution in [0.15, 0.2) is 18.2 Å². The first-order chi connectivity index (χ1) is 9.10. The Hall–Kier alpha value is -1.48. The summed E-state index contributed by atoms with van der Waals surface area (Å²) >= 11 is 0. The summed E-state index contributed by atoms with van der Waals surface area (Å²) in [6.45, 7) is 4.71. The van der Waals surface area contributed by atoms with Crippen LogP contribution in [0, 0.1) is 17.1 Å². The van der Waals surface area contributed by atoms with Gasteiger partial charge in [-0.3, -0.25) is 4.90 Å². The largest absolute Gasteiger partial charge is 0.374 e. The average molecular weight is 263 g/mol. The van der Waals surface area contributed by atoms with Crippen molar-refractivity contribution in [3.05, 3.63) is 35.1 Å². The van der Waals surface area contributed by atoms with Gasteiger partial charge in [-0.25, -0.2) is 4.39 Å². The van der Waals surface area contributed by atoms with Crippen LogP contribution in [0.2, 0.25) is 0 Å². The highest BCUT2D eigenvalue weighted by atomic mass is 19.1. The molecule has 4 nitrogen and oxygen atoms in total. The first-order valence-corrected chi connectivity index (χ1v) is 6.38. The fourth-order valence-electron chi connectivity index (χ4n) is 2.22. The molecule has 2 N–H and O–H groups in total. The molecule has 0 saturated carbocycles. The van der Waals surface area contributed by atoms with Gasteiger partial charge in [0.1, 0.15) is 5.82 Å². The number of morpholine rings is 1. The zero-order valence-corrected chi connectivity index (χ0v) is 11.0. The van der Waals surface area contributed by atoms with Gasteiger partial charge in [-0.1, -0.05) is 6.07 Å². The molecule has 0 aromatic heterocycles. The minimum Gasteiger partial charge on any atom is -0.374 e. The van der Waals surface area contributed by atoms with Crippen molar-refractivity contribution in [1.29, 1.82) is 5.26 Å². The zero-order valence-electron chi connectivity index (χ0n) is 11.0. The molecule has 2 unspecified atom stereocenters. The minimum absolute atomic E-state index is 0.0136. The molecule has 102 valence electrons. The molecule has 2 rings (SSSR count). The molecule has 1 aliphatic rings. The van der Waals surface area contributed by atoms with Crippen molar-refractivity contribution in [3.63, 3.8) is 0 Å². The second-order valence-electron chi connectivity index (χ2n) is 4.92. The van der Waals surface area contributed by atoms with Crippen molar-refractivity contribution in [3.8, 4) is 6.07 Å². The van der Waals surface area contributed by atoms with E-state index in [1.807, 2.05) is 13.0 Å². The van der Waals surface area contributed by atoms with Gasteiger partial charge in [-0.15, -0.1) is 0 Å². The summed E-state index contributed by atoms with van der Waals surface area (Å²) in [6.07, 6.45) is 0.0136. The molecule has 1 aromatic carbocycles. The number of nitrogens with two attached hydrogens (primary N) is 1. The first-order valence-electron chi connectivity index (χ1n) is 6.38.